The van der Waals surface area contributed by atoms with E-state index < -0.39 is 5.97 Å². The molecule has 5 nitrogen and oxygen atoms in total. The summed E-state index contributed by atoms with van der Waals surface area (Å²) in [5, 5.41) is 12.1. The molecule has 0 atom stereocenters. The lowest BCUT2D eigenvalue weighted by atomic mass is 10.1. The number of aromatic carboxylic acids is 1. The molecule has 0 bridgehead atoms. The maximum absolute atomic E-state index is 10.9. The lowest BCUT2D eigenvalue weighted by Gasteiger charge is -2.15. The summed E-state index contributed by atoms with van der Waals surface area (Å²) in [6, 6.07) is 12.7. The third kappa shape index (κ3) is 3.00. The van der Waals surface area contributed by atoms with Crippen molar-refractivity contribution < 1.29 is 9.90 Å². The molecule has 0 aromatic heterocycles. The molecule has 2 rings (SSSR count). The Hall–Kier alpha value is -2.69. The largest absolute Gasteiger partial charge is 0.478 e. The number of carboxylic acid groups (broad SMARTS) is 1. The third-order valence-corrected chi connectivity index (χ3v) is 2.93. The average Bonchev–Trinajstić information content (AvgIpc) is 2.38. The third-order valence-electron chi connectivity index (χ3n) is 2.93. The van der Waals surface area contributed by atoms with Crippen molar-refractivity contribution in [3.05, 3.63) is 48.0 Å². The van der Waals surface area contributed by atoms with Gasteiger partial charge in [-0.05, 0) is 36.4 Å². The van der Waals surface area contributed by atoms with Crippen LogP contribution in [0.15, 0.2) is 42.5 Å². The topological polar surface area (TPSA) is 78.6 Å². The molecule has 0 amide bonds. The highest BCUT2D eigenvalue weighted by molar-refractivity contribution is 5.94. The summed E-state index contributed by atoms with van der Waals surface area (Å²) in [6.45, 7) is 0. The zero-order valence-corrected chi connectivity index (χ0v) is 11.4. The van der Waals surface area contributed by atoms with Gasteiger partial charge in [-0.3, -0.25) is 0 Å². The molecule has 0 spiro atoms. The Kier molecular flexibility index (Phi) is 3.79. The lowest BCUT2D eigenvalue weighted by molar-refractivity contribution is 0.0698. The average molecular weight is 271 g/mol. The SMILES string of the molecule is CN(C)c1cccc(Nc2ccc(C(=O)O)c(N)c2)c1. The fraction of sp³-hybridized carbons (Fsp3) is 0.133. The lowest BCUT2D eigenvalue weighted by Crippen LogP contribution is -2.08. The number of benzene rings is 2. The summed E-state index contributed by atoms with van der Waals surface area (Å²) < 4.78 is 0. The van der Waals surface area contributed by atoms with E-state index >= 15 is 0 Å². The summed E-state index contributed by atoms with van der Waals surface area (Å²) in [7, 11) is 3.94. The van der Waals surface area contributed by atoms with Crippen molar-refractivity contribution in [3.8, 4) is 0 Å². The van der Waals surface area contributed by atoms with Gasteiger partial charge in [0.25, 0.3) is 0 Å². The summed E-state index contributed by atoms with van der Waals surface area (Å²) in [6.07, 6.45) is 0. The van der Waals surface area contributed by atoms with E-state index in [1.165, 1.54) is 6.07 Å². The van der Waals surface area contributed by atoms with Crippen molar-refractivity contribution in [1.29, 1.82) is 0 Å². The highest BCUT2D eigenvalue weighted by Crippen LogP contribution is 2.24. The quantitative estimate of drug-likeness (QED) is 0.745. The first-order valence-corrected chi connectivity index (χ1v) is 6.14. The Morgan fingerprint density at radius 3 is 2.45 bits per heavy atom. The van der Waals surface area contributed by atoms with E-state index in [9.17, 15) is 4.79 Å². The molecule has 104 valence electrons. The summed E-state index contributed by atoms with van der Waals surface area (Å²) in [5.74, 6) is -1.02. The zero-order valence-electron chi connectivity index (χ0n) is 11.4. The maximum atomic E-state index is 10.9. The number of nitrogen functional groups attached to an aromatic ring is 1. The van der Waals surface area contributed by atoms with E-state index in [4.69, 9.17) is 10.8 Å². The Bertz CT molecular complexity index is 639. The number of rotatable bonds is 4. The van der Waals surface area contributed by atoms with Gasteiger partial charge in [0.15, 0.2) is 0 Å². The van der Waals surface area contributed by atoms with Crippen LogP contribution in [0.3, 0.4) is 0 Å². The molecule has 0 aliphatic rings. The first-order chi connectivity index (χ1) is 9.47. The Morgan fingerprint density at radius 2 is 1.85 bits per heavy atom. The molecule has 4 N–H and O–H groups in total. The van der Waals surface area contributed by atoms with Gasteiger partial charge in [-0.25, -0.2) is 4.79 Å². The van der Waals surface area contributed by atoms with E-state index in [2.05, 4.69) is 5.32 Å². The molecule has 5 heteroatoms. The fourth-order valence-electron chi connectivity index (χ4n) is 1.86. The van der Waals surface area contributed by atoms with E-state index in [1.54, 1.807) is 12.1 Å². The molecule has 2 aromatic carbocycles. The predicted molar refractivity (Wildman–Crippen MR) is 81.9 cm³/mol. The number of hydrogen-bond donors (Lipinski definition) is 3. The minimum absolute atomic E-state index is 0.109. The molecule has 0 aliphatic carbocycles. The monoisotopic (exact) mass is 271 g/mol. The number of nitrogens with zero attached hydrogens (tertiary/aromatic N) is 1. The van der Waals surface area contributed by atoms with E-state index in [0.29, 0.717) is 0 Å². The van der Waals surface area contributed by atoms with Crippen molar-refractivity contribution in [3.63, 3.8) is 0 Å². The van der Waals surface area contributed by atoms with Crippen LogP contribution in [0, 0.1) is 0 Å². The Labute approximate surface area is 117 Å². The molecular weight excluding hydrogens is 254 g/mol. The Balaban J connectivity index is 2.24. The maximum Gasteiger partial charge on any atom is 0.337 e. The van der Waals surface area contributed by atoms with Gasteiger partial charge in [-0.1, -0.05) is 6.07 Å². The molecule has 0 radical (unpaired) electrons. The van der Waals surface area contributed by atoms with Crippen LogP contribution in [-0.4, -0.2) is 25.2 Å². The number of nitrogens with one attached hydrogen (secondary N) is 1. The van der Waals surface area contributed by atoms with Crippen LogP contribution in [0.2, 0.25) is 0 Å². The first kappa shape index (κ1) is 13.7. The second-order valence-electron chi connectivity index (χ2n) is 4.68. The highest BCUT2D eigenvalue weighted by Gasteiger charge is 2.08. The van der Waals surface area contributed by atoms with Crippen LogP contribution >= 0.6 is 0 Å². The summed E-state index contributed by atoms with van der Waals surface area (Å²) in [4.78, 5) is 12.9. The molecule has 0 heterocycles. The van der Waals surface area contributed by atoms with Gasteiger partial charge in [0.1, 0.15) is 0 Å². The van der Waals surface area contributed by atoms with Gasteiger partial charge >= 0.3 is 5.97 Å². The summed E-state index contributed by atoms with van der Waals surface area (Å²) >= 11 is 0. The van der Waals surface area contributed by atoms with E-state index in [1.807, 2.05) is 43.3 Å². The zero-order chi connectivity index (χ0) is 14.7. The smallest absolute Gasteiger partial charge is 0.337 e. The van der Waals surface area contributed by atoms with Crippen LogP contribution in [0.4, 0.5) is 22.7 Å². The highest BCUT2D eigenvalue weighted by atomic mass is 16.4. The normalized spacial score (nSPS) is 10.1. The molecule has 0 fully saturated rings. The number of hydrogen-bond acceptors (Lipinski definition) is 4. The second-order valence-corrected chi connectivity index (χ2v) is 4.68. The van der Waals surface area contributed by atoms with Crippen molar-refractivity contribution in [1.82, 2.24) is 0 Å². The number of anilines is 4. The standard InChI is InChI=1S/C15H17N3O2/c1-18(2)12-5-3-4-10(8-12)17-11-6-7-13(15(19)20)14(16)9-11/h3-9,17H,16H2,1-2H3,(H,19,20). The van der Waals surface area contributed by atoms with Crippen LogP contribution in [0.1, 0.15) is 10.4 Å². The number of carbonyl (C=O) groups is 1. The van der Waals surface area contributed by atoms with Crippen molar-refractivity contribution in [2.75, 3.05) is 30.0 Å². The second kappa shape index (κ2) is 5.52. The van der Waals surface area contributed by atoms with Crippen molar-refractivity contribution in [2.24, 2.45) is 0 Å². The minimum atomic E-state index is -1.02. The number of nitrogens with two attached hydrogens (primary N) is 1. The van der Waals surface area contributed by atoms with Crippen molar-refractivity contribution >= 4 is 28.7 Å². The molecule has 0 aliphatic heterocycles. The summed E-state index contributed by atoms with van der Waals surface area (Å²) in [5.41, 5.74) is 8.82. The Morgan fingerprint density at radius 1 is 1.15 bits per heavy atom. The van der Waals surface area contributed by atoms with Gasteiger partial charge < -0.3 is 21.1 Å². The van der Waals surface area contributed by atoms with Crippen LogP contribution in [-0.2, 0) is 0 Å². The van der Waals surface area contributed by atoms with Crippen LogP contribution < -0.4 is 16.0 Å². The van der Waals surface area contributed by atoms with Gasteiger partial charge in [-0.15, -0.1) is 0 Å². The number of carboxylic acids is 1. The van der Waals surface area contributed by atoms with Gasteiger partial charge in [0.2, 0.25) is 0 Å². The van der Waals surface area contributed by atoms with Crippen LogP contribution in [0.25, 0.3) is 0 Å². The molecule has 0 saturated heterocycles. The predicted octanol–water partition coefficient (Wildman–Crippen LogP) is 2.78. The van der Waals surface area contributed by atoms with E-state index in [-0.39, 0.29) is 11.3 Å². The minimum Gasteiger partial charge on any atom is -0.478 e. The fourth-order valence-corrected chi connectivity index (χ4v) is 1.86. The van der Waals surface area contributed by atoms with Gasteiger partial charge in [-0.2, -0.15) is 0 Å². The molecule has 2 aromatic rings. The molecule has 20 heavy (non-hydrogen) atoms. The molecular formula is C15H17N3O2. The van der Waals surface area contributed by atoms with Crippen molar-refractivity contribution in [2.45, 2.75) is 0 Å². The van der Waals surface area contributed by atoms with Gasteiger partial charge in [0.05, 0.1) is 5.56 Å². The molecule has 0 saturated carbocycles. The molecule has 0 unspecified atom stereocenters. The van der Waals surface area contributed by atoms with Gasteiger partial charge in [0, 0.05) is 36.8 Å². The first-order valence-electron chi connectivity index (χ1n) is 6.14. The van der Waals surface area contributed by atoms with E-state index in [0.717, 1.165) is 17.1 Å². The van der Waals surface area contributed by atoms with Crippen LogP contribution in [0.5, 0.6) is 0 Å².